The van der Waals surface area contributed by atoms with E-state index in [-0.39, 0.29) is 0 Å². The minimum atomic E-state index is 0.438. The van der Waals surface area contributed by atoms with Crippen LogP contribution in [-0.2, 0) is 13.1 Å². The van der Waals surface area contributed by atoms with Crippen molar-refractivity contribution >= 4 is 11.3 Å². The molecule has 1 aliphatic rings. The van der Waals surface area contributed by atoms with Crippen LogP contribution in [0, 0.1) is 11.3 Å². The zero-order valence-corrected chi connectivity index (χ0v) is 13.5. The fourth-order valence-electron chi connectivity index (χ4n) is 2.65. The Labute approximate surface area is 121 Å². The van der Waals surface area contributed by atoms with Crippen molar-refractivity contribution in [1.29, 1.82) is 0 Å². The zero-order chi connectivity index (χ0) is 13.9. The number of thiazole rings is 1. The summed E-state index contributed by atoms with van der Waals surface area (Å²) in [4.78, 5) is 7.27. The van der Waals surface area contributed by atoms with E-state index in [9.17, 15) is 0 Å². The topological polar surface area (TPSA) is 28.2 Å². The SMILES string of the molecule is CCNCc1nc(CN2CCC(C(C)(C)C)C2)cs1. The van der Waals surface area contributed by atoms with Crippen molar-refractivity contribution < 1.29 is 0 Å². The average Bonchev–Trinajstić information content (AvgIpc) is 2.95. The van der Waals surface area contributed by atoms with Gasteiger partial charge in [0, 0.05) is 25.0 Å². The lowest BCUT2D eigenvalue weighted by Crippen LogP contribution is -2.25. The van der Waals surface area contributed by atoms with E-state index < -0.39 is 0 Å². The molecule has 1 saturated heterocycles. The van der Waals surface area contributed by atoms with E-state index in [1.807, 2.05) is 0 Å². The van der Waals surface area contributed by atoms with Gasteiger partial charge in [0.1, 0.15) is 5.01 Å². The summed E-state index contributed by atoms with van der Waals surface area (Å²) in [6, 6.07) is 0. The molecular formula is C15H27N3S. The molecule has 2 heterocycles. The molecular weight excluding hydrogens is 254 g/mol. The normalized spacial score (nSPS) is 21.2. The second kappa shape index (κ2) is 6.33. The number of hydrogen-bond acceptors (Lipinski definition) is 4. The highest BCUT2D eigenvalue weighted by molar-refractivity contribution is 7.09. The van der Waals surface area contributed by atoms with Crippen LogP contribution in [0.25, 0.3) is 0 Å². The van der Waals surface area contributed by atoms with Gasteiger partial charge in [-0.2, -0.15) is 0 Å². The number of nitrogens with one attached hydrogen (secondary N) is 1. The molecule has 108 valence electrons. The van der Waals surface area contributed by atoms with Crippen molar-refractivity contribution in [2.24, 2.45) is 11.3 Å². The predicted octanol–water partition coefficient (Wildman–Crippen LogP) is 3.12. The molecule has 0 radical (unpaired) electrons. The summed E-state index contributed by atoms with van der Waals surface area (Å²) in [7, 11) is 0. The molecule has 4 heteroatoms. The summed E-state index contributed by atoms with van der Waals surface area (Å²) in [5.74, 6) is 0.826. The van der Waals surface area contributed by atoms with Gasteiger partial charge in [0.25, 0.3) is 0 Å². The van der Waals surface area contributed by atoms with Gasteiger partial charge in [-0.15, -0.1) is 11.3 Å². The van der Waals surface area contributed by atoms with Gasteiger partial charge in [0.15, 0.2) is 0 Å². The monoisotopic (exact) mass is 281 g/mol. The van der Waals surface area contributed by atoms with E-state index in [1.54, 1.807) is 11.3 Å². The molecule has 0 saturated carbocycles. The van der Waals surface area contributed by atoms with E-state index >= 15 is 0 Å². The van der Waals surface area contributed by atoms with Gasteiger partial charge >= 0.3 is 0 Å². The first kappa shape index (κ1) is 14.9. The fraction of sp³-hybridized carbons (Fsp3) is 0.800. The molecule has 0 spiro atoms. The number of nitrogens with zero attached hydrogens (tertiary/aromatic N) is 2. The molecule has 1 aliphatic heterocycles. The summed E-state index contributed by atoms with van der Waals surface area (Å²) in [5.41, 5.74) is 1.68. The molecule has 0 aliphatic carbocycles. The van der Waals surface area contributed by atoms with Crippen LogP contribution in [0.2, 0.25) is 0 Å². The van der Waals surface area contributed by atoms with Crippen molar-refractivity contribution in [1.82, 2.24) is 15.2 Å². The van der Waals surface area contributed by atoms with E-state index in [0.29, 0.717) is 5.41 Å². The van der Waals surface area contributed by atoms with Crippen molar-refractivity contribution in [3.8, 4) is 0 Å². The Morgan fingerprint density at radius 2 is 2.26 bits per heavy atom. The minimum absolute atomic E-state index is 0.438. The van der Waals surface area contributed by atoms with Crippen LogP contribution in [-0.4, -0.2) is 29.5 Å². The third-order valence-electron chi connectivity index (χ3n) is 4.01. The van der Waals surface area contributed by atoms with Crippen molar-refractivity contribution in [2.45, 2.75) is 47.2 Å². The van der Waals surface area contributed by atoms with Crippen LogP contribution in [0.3, 0.4) is 0 Å². The summed E-state index contributed by atoms with van der Waals surface area (Å²) >= 11 is 1.78. The summed E-state index contributed by atoms with van der Waals surface area (Å²) < 4.78 is 0. The maximum atomic E-state index is 4.71. The maximum Gasteiger partial charge on any atom is 0.107 e. The van der Waals surface area contributed by atoms with Crippen LogP contribution in [0.5, 0.6) is 0 Å². The molecule has 1 fully saturated rings. The van der Waals surface area contributed by atoms with Crippen molar-refractivity contribution in [3.05, 3.63) is 16.1 Å². The van der Waals surface area contributed by atoms with E-state index in [0.717, 1.165) is 25.6 Å². The largest absolute Gasteiger partial charge is 0.311 e. The fourth-order valence-corrected chi connectivity index (χ4v) is 3.40. The Morgan fingerprint density at radius 1 is 1.47 bits per heavy atom. The van der Waals surface area contributed by atoms with E-state index in [4.69, 9.17) is 4.98 Å². The zero-order valence-electron chi connectivity index (χ0n) is 12.7. The number of likely N-dealkylation sites (tertiary alicyclic amines) is 1. The molecule has 1 aromatic heterocycles. The quantitative estimate of drug-likeness (QED) is 0.899. The predicted molar refractivity (Wildman–Crippen MR) is 82.3 cm³/mol. The molecule has 1 unspecified atom stereocenters. The molecule has 0 aromatic carbocycles. The van der Waals surface area contributed by atoms with Crippen molar-refractivity contribution in [3.63, 3.8) is 0 Å². The Kier molecular flexibility index (Phi) is 4.98. The van der Waals surface area contributed by atoms with Gasteiger partial charge in [-0.3, -0.25) is 4.90 Å². The van der Waals surface area contributed by atoms with Crippen molar-refractivity contribution in [2.75, 3.05) is 19.6 Å². The highest BCUT2D eigenvalue weighted by Gasteiger charge is 2.31. The maximum absolute atomic E-state index is 4.71. The Hall–Kier alpha value is -0.450. The lowest BCUT2D eigenvalue weighted by Gasteiger charge is -2.26. The second-order valence-corrected chi connectivity index (χ2v) is 7.54. The van der Waals surface area contributed by atoms with E-state index in [2.05, 4.69) is 43.3 Å². The van der Waals surface area contributed by atoms with Crippen LogP contribution >= 0.6 is 11.3 Å². The summed E-state index contributed by atoms with van der Waals surface area (Å²) in [6.07, 6.45) is 1.33. The molecule has 1 atom stereocenters. The van der Waals surface area contributed by atoms with Gasteiger partial charge in [-0.05, 0) is 30.8 Å². The lowest BCUT2D eigenvalue weighted by atomic mass is 9.80. The Morgan fingerprint density at radius 3 is 2.89 bits per heavy atom. The molecule has 0 amide bonds. The highest BCUT2D eigenvalue weighted by atomic mass is 32.1. The highest BCUT2D eigenvalue weighted by Crippen LogP contribution is 2.34. The molecule has 2 rings (SSSR count). The lowest BCUT2D eigenvalue weighted by molar-refractivity contribution is 0.225. The number of rotatable bonds is 5. The van der Waals surface area contributed by atoms with Crippen LogP contribution in [0.1, 0.15) is 44.8 Å². The van der Waals surface area contributed by atoms with Crippen LogP contribution in [0.15, 0.2) is 5.38 Å². The third kappa shape index (κ3) is 4.26. The number of hydrogen-bond donors (Lipinski definition) is 1. The van der Waals surface area contributed by atoms with Gasteiger partial charge in [0.05, 0.1) is 5.69 Å². The molecule has 3 nitrogen and oxygen atoms in total. The third-order valence-corrected chi connectivity index (χ3v) is 4.91. The van der Waals surface area contributed by atoms with Crippen LogP contribution < -0.4 is 5.32 Å². The summed E-state index contributed by atoms with van der Waals surface area (Å²) in [5, 5.41) is 6.76. The first-order valence-electron chi connectivity index (χ1n) is 7.35. The number of aromatic nitrogens is 1. The first-order valence-corrected chi connectivity index (χ1v) is 8.23. The standard InChI is InChI=1S/C15H27N3S/c1-5-16-8-14-17-13(11-19-14)10-18-7-6-12(9-18)15(2,3)4/h11-12,16H,5-10H2,1-4H3. The first-order chi connectivity index (χ1) is 8.99. The Bertz CT molecular complexity index is 394. The van der Waals surface area contributed by atoms with Gasteiger partial charge < -0.3 is 5.32 Å². The molecule has 19 heavy (non-hydrogen) atoms. The van der Waals surface area contributed by atoms with Gasteiger partial charge in [-0.25, -0.2) is 4.98 Å². The van der Waals surface area contributed by atoms with Gasteiger partial charge in [-0.1, -0.05) is 27.7 Å². The Balaban J connectivity index is 1.84. The molecule has 1 aromatic rings. The van der Waals surface area contributed by atoms with E-state index in [1.165, 1.54) is 30.2 Å². The second-order valence-electron chi connectivity index (χ2n) is 6.60. The molecule has 1 N–H and O–H groups in total. The van der Waals surface area contributed by atoms with Crippen LogP contribution in [0.4, 0.5) is 0 Å². The van der Waals surface area contributed by atoms with Gasteiger partial charge in [0.2, 0.25) is 0 Å². The minimum Gasteiger partial charge on any atom is -0.311 e. The molecule has 0 bridgehead atoms. The smallest absolute Gasteiger partial charge is 0.107 e. The average molecular weight is 281 g/mol. The summed E-state index contributed by atoms with van der Waals surface area (Å²) in [6.45, 7) is 14.6.